The van der Waals surface area contributed by atoms with Crippen molar-refractivity contribution in [2.75, 3.05) is 22.8 Å². The third-order valence-electron chi connectivity index (χ3n) is 4.28. The van der Waals surface area contributed by atoms with Crippen LogP contribution in [0.3, 0.4) is 0 Å². The molecule has 1 heterocycles. The van der Waals surface area contributed by atoms with Crippen molar-refractivity contribution in [2.45, 2.75) is 13.3 Å². The quantitative estimate of drug-likeness (QED) is 0.495. The molecule has 0 spiro atoms. The van der Waals surface area contributed by atoms with Crippen LogP contribution in [0.4, 0.5) is 11.4 Å². The first-order valence-electron chi connectivity index (χ1n) is 9.48. The van der Waals surface area contributed by atoms with Crippen LogP contribution in [0.2, 0.25) is 0 Å². The van der Waals surface area contributed by atoms with Gasteiger partial charge >= 0.3 is 0 Å². The Bertz CT molecular complexity index is 1170. The second-order valence-electron chi connectivity index (χ2n) is 6.94. The largest absolute Gasteiger partial charge is 0.352 e. The first kappa shape index (κ1) is 22.0. The molecule has 0 aliphatic carbocycles. The van der Waals surface area contributed by atoms with Gasteiger partial charge in [0.25, 0.3) is 5.91 Å². The molecule has 0 unspecified atom stereocenters. The van der Waals surface area contributed by atoms with Crippen molar-refractivity contribution >= 4 is 33.2 Å². The van der Waals surface area contributed by atoms with Crippen LogP contribution in [-0.2, 0) is 21.2 Å². The van der Waals surface area contributed by atoms with E-state index in [2.05, 4.69) is 20.5 Å². The summed E-state index contributed by atoms with van der Waals surface area (Å²) in [5, 5.41) is 9.56. The van der Waals surface area contributed by atoms with Gasteiger partial charge in [-0.25, -0.2) is 13.1 Å². The van der Waals surface area contributed by atoms with E-state index in [9.17, 15) is 18.0 Å². The highest BCUT2D eigenvalue weighted by atomic mass is 32.2. The highest BCUT2D eigenvalue weighted by Gasteiger charge is 2.15. The molecule has 31 heavy (non-hydrogen) atoms. The van der Waals surface area contributed by atoms with Crippen LogP contribution in [0.25, 0.3) is 5.69 Å². The molecule has 3 rings (SSSR count). The maximum atomic E-state index is 12.7. The van der Waals surface area contributed by atoms with Gasteiger partial charge in [0.1, 0.15) is 0 Å². The Morgan fingerprint density at radius 3 is 2.45 bits per heavy atom. The molecule has 1 aromatic heterocycles. The topological polar surface area (TPSA) is 122 Å². The summed E-state index contributed by atoms with van der Waals surface area (Å²) in [5.41, 5.74) is 2.61. The molecule has 0 saturated heterocycles. The summed E-state index contributed by atoms with van der Waals surface area (Å²) >= 11 is 0. The van der Waals surface area contributed by atoms with Crippen molar-refractivity contribution in [2.24, 2.45) is 0 Å². The summed E-state index contributed by atoms with van der Waals surface area (Å²) in [4.78, 5) is 24.0. The number of nitrogens with zero attached hydrogens (tertiary/aromatic N) is 2. The number of benzene rings is 2. The Morgan fingerprint density at radius 1 is 1.10 bits per heavy atom. The Kier molecular flexibility index (Phi) is 6.71. The maximum Gasteiger partial charge on any atom is 0.253 e. The predicted octanol–water partition coefficient (Wildman–Crippen LogP) is 2.17. The Morgan fingerprint density at radius 2 is 1.84 bits per heavy atom. The molecule has 2 aromatic carbocycles. The lowest BCUT2D eigenvalue weighted by molar-refractivity contribution is -0.114. The van der Waals surface area contributed by atoms with E-state index >= 15 is 0 Å². The molecule has 0 aliphatic heterocycles. The summed E-state index contributed by atoms with van der Waals surface area (Å²) in [6.07, 6.45) is 5.15. The Balaban J connectivity index is 1.67. The molecule has 9 nitrogen and oxygen atoms in total. The molecule has 2 amide bonds. The van der Waals surface area contributed by atoms with Gasteiger partial charge in [0.05, 0.1) is 23.2 Å². The lowest BCUT2D eigenvalue weighted by Crippen LogP contribution is -2.27. The van der Waals surface area contributed by atoms with Crippen LogP contribution >= 0.6 is 0 Å². The third kappa shape index (κ3) is 6.41. The van der Waals surface area contributed by atoms with Gasteiger partial charge < -0.3 is 10.6 Å². The molecule has 3 N–H and O–H groups in total. The highest BCUT2D eigenvalue weighted by Crippen LogP contribution is 2.22. The Labute approximate surface area is 180 Å². The fourth-order valence-electron chi connectivity index (χ4n) is 2.95. The molecule has 0 saturated carbocycles. The SMILES string of the molecule is CC(=O)Nc1ccc(NS(C)(=O)=O)c(C(=O)NCCc2ccc(-n3cccn3)cc2)c1. The lowest BCUT2D eigenvalue weighted by Gasteiger charge is -2.13. The average Bonchev–Trinajstić information content (AvgIpc) is 3.23. The average molecular weight is 442 g/mol. The fraction of sp³-hybridized carbons (Fsp3) is 0.190. The Hall–Kier alpha value is -3.66. The minimum absolute atomic E-state index is 0.116. The van der Waals surface area contributed by atoms with Crippen molar-refractivity contribution in [3.05, 3.63) is 72.1 Å². The van der Waals surface area contributed by atoms with Crippen LogP contribution in [0.1, 0.15) is 22.8 Å². The molecular formula is C21H23N5O4S. The summed E-state index contributed by atoms with van der Waals surface area (Å²) < 4.78 is 27.3. The van der Waals surface area contributed by atoms with Gasteiger partial charge in [0.15, 0.2) is 0 Å². The number of hydrogen-bond donors (Lipinski definition) is 3. The van der Waals surface area contributed by atoms with E-state index in [1.54, 1.807) is 10.9 Å². The predicted molar refractivity (Wildman–Crippen MR) is 119 cm³/mol. The molecule has 10 heteroatoms. The molecule has 0 aliphatic rings. The van der Waals surface area contributed by atoms with Crippen molar-refractivity contribution in [3.63, 3.8) is 0 Å². The van der Waals surface area contributed by atoms with Crippen LogP contribution in [0, 0.1) is 0 Å². The standard InChI is InChI=1S/C21H23N5O4S/c1-15(27)24-17-6-9-20(25-31(2,29)30)19(14-17)21(28)22-12-10-16-4-7-18(8-5-16)26-13-3-11-23-26/h3-9,11,13-14,25H,10,12H2,1-2H3,(H,22,28)(H,24,27). The zero-order valence-electron chi connectivity index (χ0n) is 17.1. The van der Waals surface area contributed by atoms with E-state index in [4.69, 9.17) is 0 Å². The van der Waals surface area contributed by atoms with Gasteiger partial charge in [-0.15, -0.1) is 0 Å². The van der Waals surface area contributed by atoms with E-state index < -0.39 is 15.9 Å². The molecule has 0 radical (unpaired) electrons. The van der Waals surface area contributed by atoms with Crippen molar-refractivity contribution < 1.29 is 18.0 Å². The normalized spacial score (nSPS) is 11.0. The second kappa shape index (κ2) is 9.43. The van der Waals surface area contributed by atoms with E-state index in [1.807, 2.05) is 36.5 Å². The summed E-state index contributed by atoms with van der Waals surface area (Å²) in [7, 11) is -3.58. The molecule has 0 bridgehead atoms. The lowest BCUT2D eigenvalue weighted by atomic mass is 10.1. The number of anilines is 2. The minimum Gasteiger partial charge on any atom is -0.352 e. The van der Waals surface area contributed by atoms with Crippen LogP contribution in [0.15, 0.2) is 60.9 Å². The second-order valence-corrected chi connectivity index (χ2v) is 8.69. The molecule has 0 fully saturated rings. The van der Waals surface area contributed by atoms with Crippen LogP contribution < -0.4 is 15.4 Å². The zero-order valence-corrected chi connectivity index (χ0v) is 17.9. The van der Waals surface area contributed by atoms with Gasteiger partial charge in [-0.1, -0.05) is 12.1 Å². The number of nitrogens with one attached hydrogen (secondary N) is 3. The summed E-state index contributed by atoms with van der Waals surface area (Å²) in [6.45, 7) is 1.70. The van der Waals surface area contributed by atoms with Gasteiger partial charge in [-0.2, -0.15) is 5.10 Å². The van der Waals surface area contributed by atoms with E-state index in [0.717, 1.165) is 17.5 Å². The van der Waals surface area contributed by atoms with Gasteiger partial charge in [-0.3, -0.25) is 14.3 Å². The monoisotopic (exact) mass is 441 g/mol. The molecule has 162 valence electrons. The molecule has 3 aromatic rings. The number of rotatable bonds is 8. The number of sulfonamides is 1. The van der Waals surface area contributed by atoms with Gasteiger partial charge in [0, 0.05) is 31.5 Å². The van der Waals surface area contributed by atoms with E-state index in [0.29, 0.717) is 18.7 Å². The smallest absolute Gasteiger partial charge is 0.253 e. The maximum absolute atomic E-state index is 12.7. The van der Waals surface area contributed by atoms with E-state index in [1.165, 1.54) is 25.1 Å². The fourth-order valence-corrected chi connectivity index (χ4v) is 3.53. The summed E-state index contributed by atoms with van der Waals surface area (Å²) in [5.74, 6) is -0.750. The summed E-state index contributed by atoms with van der Waals surface area (Å²) in [6, 6.07) is 14.0. The third-order valence-corrected chi connectivity index (χ3v) is 4.88. The molecular weight excluding hydrogens is 418 g/mol. The number of carbonyl (C=O) groups is 2. The highest BCUT2D eigenvalue weighted by molar-refractivity contribution is 7.92. The first-order chi connectivity index (χ1) is 14.7. The van der Waals surface area contributed by atoms with Crippen LogP contribution in [0.5, 0.6) is 0 Å². The van der Waals surface area contributed by atoms with E-state index in [-0.39, 0.29) is 17.2 Å². The number of aromatic nitrogens is 2. The van der Waals surface area contributed by atoms with Gasteiger partial charge in [0.2, 0.25) is 15.9 Å². The number of hydrogen-bond acceptors (Lipinski definition) is 5. The van der Waals surface area contributed by atoms with Gasteiger partial charge in [-0.05, 0) is 48.4 Å². The van der Waals surface area contributed by atoms with Crippen molar-refractivity contribution in [3.8, 4) is 5.69 Å². The van der Waals surface area contributed by atoms with Crippen molar-refractivity contribution in [1.82, 2.24) is 15.1 Å². The van der Waals surface area contributed by atoms with Crippen LogP contribution in [-0.4, -0.2) is 42.8 Å². The zero-order chi connectivity index (χ0) is 22.4. The number of carbonyl (C=O) groups excluding carboxylic acids is 2. The number of amides is 2. The molecule has 0 atom stereocenters. The van der Waals surface area contributed by atoms with Crippen molar-refractivity contribution in [1.29, 1.82) is 0 Å². The first-order valence-corrected chi connectivity index (χ1v) is 11.4. The minimum atomic E-state index is -3.58.